The van der Waals surface area contributed by atoms with Crippen LogP contribution < -0.4 is 21.2 Å². The third-order valence-corrected chi connectivity index (χ3v) is 10.5. The van der Waals surface area contributed by atoms with Gasteiger partial charge < -0.3 is 0 Å². The molecule has 0 fully saturated rings. The van der Waals surface area contributed by atoms with E-state index in [1.54, 1.807) is 0 Å². The molecule has 0 saturated carbocycles. The van der Waals surface area contributed by atoms with E-state index in [1.165, 1.54) is 27.1 Å². The normalized spacial score (nSPS) is 10.7. The van der Waals surface area contributed by atoms with Gasteiger partial charge >= 0.3 is 35.3 Å². The minimum Gasteiger partial charge on any atom is -0.0622 e. The quantitative estimate of drug-likeness (QED) is 0.207. The van der Waals surface area contributed by atoms with E-state index in [1.807, 2.05) is 0 Å². The van der Waals surface area contributed by atoms with Gasteiger partial charge in [0.15, 0.2) is 0 Å². The summed E-state index contributed by atoms with van der Waals surface area (Å²) in [6, 6.07) is 44.1. The van der Waals surface area contributed by atoms with Gasteiger partial charge in [0.05, 0.1) is 0 Å². The first-order valence-corrected chi connectivity index (χ1v) is 18.1. The number of benzene rings is 4. The van der Waals surface area contributed by atoms with Crippen LogP contribution in [-0.4, -0.2) is 5.90 Å². The molecular weight excluding hydrogens is 628 g/mol. The van der Waals surface area contributed by atoms with Crippen molar-refractivity contribution in [3.63, 3.8) is 0 Å². The Morgan fingerprint density at radius 2 is 0.633 bits per heavy atom. The second-order valence-electron chi connectivity index (χ2n) is 6.38. The maximum atomic E-state index is 4.88. The second-order valence-corrected chi connectivity index (χ2v) is 14.6. The number of rotatable bonds is 6. The standard InChI is InChI=1S/C25H22P2.2ClH.Pt/c1-5-13-22(14-6-1)26(23-15-7-2-8-16-23)21-27(24-17-9-3-10-18-24)25-19-11-4-12-20-25;;;/h1-20H,21H2;2*1H;/q;;;+2/p-2. The Labute approximate surface area is 198 Å². The summed E-state index contributed by atoms with van der Waals surface area (Å²) in [5.74, 6) is 1.17. The predicted molar refractivity (Wildman–Crippen MR) is 135 cm³/mol. The first-order valence-electron chi connectivity index (χ1n) is 9.41. The van der Waals surface area contributed by atoms with Crippen molar-refractivity contribution in [2.75, 3.05) is 5.90 Å². The van der Waals surface area contributed by atoms with Crippen molar-refractivity contribution in [2.24, 2.45) is 0 Å². The first kappa shape index (κ1) is 23.7. The van der Waals surface area contributed by atoms with Crippen molar-refractivity contribution in [1.82, 2.24) is 0 Å². The summed E-state index contributed by atoms with van der Waals surface area (Å²) in [5.41, 5.74) is 0. The largest absolute Gasteiger partial charge is 0.0622 e. The van der Waals surface area contributed by atoms with Gasteiger partial charge in [-0.15, -0.1) is 0 Å². The van der Waals surface area contributed by atoms with Gasteiger partial charge in [0.2, 0.25) is 0 Å². The Kier molecular flexibility index (Phi) is 10.6. The fourth-order valence-corrected chi connectivity index (χ4v) is 9.67. The smallest absolute Gasteiger partial charge is 0.00405 e. The summed E-state index contributed by atoms with van der Waals surface area (Å²) in [6.07, 6.45) is 0. The molecule has 156 valence electrons. The summed E-state index contributed by atoms with van der Waals surface area (Å²) in [5, 5.41) is 5.83. The van der Waals surface area contributed by atoms with E-state index in [-0.39, 0.29) is 0 Å². The van der Waals surface area contributed by atoms with Crippen molar-refractivity contribution >= 4 is 55.9 Å². The van der Waals surface area contributed by atoms with Crippen LogP contribution in [-0.2, 0) is 16.5 Å². The molecule has 0 aromatic heterocycles. The third-order valence-electron chi connectivity index (χ3n) is 4.55. The molecule has 0 saturated heterocycles. The topological polar surface area (TPSA) is 0 Å². The van der Waals surface area contributed by atoms with Gasteiger partial charge in [-0.25, -0.2) is 0 Å². The van der Waals surface area contributed by atoms with Crippen LogP contribution in [0.3, 0.4) is 0 Å². The average Bonchev–Trinajstić information content (AvgIpc) is 2.83. The van der Waals surface area contributed by atoms with Crippen molar-refractivity contribution in [3.05, 3.63) is 121 Å². The Bertz CT molecular complexity index is 811. The van der Waals surface area contributed by atoms with Crippen LogP contribution in [0.5, 0.6) is 0 Å². The average molecular weight is 650 g/mol. The van der Waals surface area contributed by atoms with Crippen molar-refractivity contribution in [1.29, 1.82) is 0 Å². The van der Waals surface area contributed by atoms with Crippen LogP contribution >= 0.6 is 34.7 Å². The summed E-state index contributed by atoms with van der Waals surface area (Å²) >= 11 is -0.472. The molecule has 0 N–H and O–H groups in total. The van der Waals surface area contributed by atoms with E-state index in [4.69, 9.17) is 18.8 Å². The number of hydrogen-bond donors (Lipinski definition) is 0. The molecule has 0 nitrogen and oxygen atoms in total. The zero-order chi connectivity index (χ0) is 21.0. The fraction of sp³-hybridized carbons (Fsp3) is 0.0400. The molecule has 0 aliphatic carbocycles. The molecule has 4 aromatic carbocycles. The van der Waals surface area contributed by atoms with Gasteiger partial charge in [0.25, 0.3) is 0 Å². The van der Waals surface area contributed by atoms with Gasteiger partial charge in [-0.1, -0.05) is 121 Å². The molecule has 0 aliphatic rings. The molecule has 0 heterocycles. The van der Waals surface area contributed by atoms with Gasteiger partial charge in [0.1, 0.15) is 0 Å². The minimum absolute atomic E-state index is 0.409. The summed E-state index contributed by atoms with van der Waals surface area (Å²) in [7, 11) is 8.93. The number of halogens is 2. The molecule has 0 unspecified atom stereocenters. The van der Waals surface area contributed by atoms with Gasteiger partial charge in [-0.2, -0.15) is 0 Å². The molecular formula is C25H22Cl2P2Pt. The molecule has 0 bridgehead atoms. The van der Waals surface area contributed by atoms with E-state index in [0.717, 1.165) is 0 Å². The zero-order valence-electron chi connectivity index (χ0n) is 16.2. The van der Waals surface area contributed by atoms with Crippen LogP contribution in [0, 0.1) is 0 Å². The van der Waals surface area contributed by atoms with Crippen LogP contribution in [0.25, 0.3) is 0 Å². The van der Waals surface area contributed by atoms with Gasteiger partial charge in [-0.3, -0.25) is 0 Å². The Hall–Kier alpha value is -0.992. The van der Waals surface area contributed by atoms with Crippen LogP contribution in [0.4, 0.5) is 0 Å². The van der Waals surface area contributed by atoms with Crippen molar-refractivity contribution in [3.8, 4) is 0 Å². The van der Waals surface area contributed by atoms with Crippen LogP contribution in [0.15, 0.2) is 121 Å². The third kappa shape index (κ3) is 7.02. The van der Waals surface area contributed by atoms with E-state index >= 15 is 0 Å². The molecule has 4 rings (SSSR count). The minimum atomic E-state index is -0.472. The molecule has 4 aromatic rings. The zero-order valence-corrected chi connectivity index (χ0v) is 21.8. The van der Waals surface area contributed by atoms with Crippen molar-refractivity contribution in [2.45, 2.75) is 0 Å². The molecule has 0 amide bonds. The maximum absolute atomic E-state index is 4.88. The fourth-order valence-electron chi connectivity index (χ4n) is 3.20. The molecule has 30 heavy (non-hydrogen) atoms. The van der Waals surface area contributed by atoms with E-state index in [2.05, 4.69) is 121 Å². The Morgan fingerprint density at radius 1 is 0.433 bits per heavy atom. The summed E-state index contributed by atoms with van der Waals surface area (Å²) in [4.78, 5) is 0. The Balaban J connectivity index is 0.000000806. The first-order chi connectivity index (χ1) is 14.8. The van der Waals surface area contributed by atoms with E-state index in [9.17, 15) is 0 Å². The van der Waals surface area contributed by atoms with Gasteiger partial charge in [0, 0.05) is 5.90 Å². The second kappa shape index (κ2) is 13.4. The molecule has 0 spiro atoms. The molecule has 0 atom stereocenters. The SMILES string of the molecule is [Cl][Pt][Cl].c1ccc(P(CP(c2ccccc2)c2ccccc2)c2ccccc2)cc1. The van der Waals surface area contributed by atoms with Crippen LogP contribution in [0.2, 0.25) is 0 Å². The molecule has 0 aliphatic heterocycles. The Morgan fingerprint density at radius 3 is 0.833 bits per heavy atom. The van der Waals surface area contributed by atoms with Gasteiger partial charge in [-0.05, 0) is 37.1 Å². The van der Waals surface area contributed by atoms with E-state index < -0.39 is 32.3 Å². The van der Waals surface area contributed by atoms with Crippen molar-refractivity contribution < 1.29 is 16.5 Å². The maximum Gasteiger partial charge on any atom is 0.00405 e. The molecule has 0 radical (unpaired) electrons. The predicted octanol–water partition coefficient (Wildman–Crippen LogP) is 6.59. The van der Waals surface area contributed by atoms with Crippen LogP contribution in [0.1, 0.15) is 0 Å². The summed E-state index contributed by atoms with van der Waals surface area (Å²) in [6.45, 7) is 0. The monoisotopic (exact) mass is 649 g/mol. The summed E-state index contributed by atoms with van der Waals surface area (Å²) < 4.78 is 0. The number of hydrogen-bond acceptors (Lipinski definition) is 0. The van der Waals surface area contributed by atoms with E-state index in [0.29, 0.717) is 0 Å². The molecule has 5 heteroatoms.